The van der Waals surface area contributed by atoms with Crippen molar-refractivity contribution in [2.75, 3.05) is 7.11 Å². The van der Waals surface area contributed by atoms with Crippen LogP contribution in [0.3, 0.4) is 0 Å². The van der Waals surface area contributed by atoms with Gasteiger partial charge in [-0.3, -0.25) is 9.36 Å². The number of fused-ring (bicyclic) bond motifs is 1. The molecule has 0 bridgehead atoms. The van der Waals surface area contributed by atoms with Crippen molar-refractivity contribution in [2.24, 2.45) is 0 Å². The van der Waals surface area contributed by atoms with Crippen LogP contribution in [0.25, 0.3) is 15.9 Å². The van der Waals surface area contributed by atoms with Gasteiger partial charge in [-0.2, -0.15) is 0 Å². The molecule has 27 heavy (non-hydrogen) atoms. The van der Waals surface area contributed by atoms with Gasteiger partial charge in [0.1, 0.15) is 10.4 Å². The largest absolute Gasteiger partial charge is 0.497 e. The molecule has 2 aromatic heterocycles. The number of hydrogen-bond donors (Lipinski definition) is 0. The minimum atomic E-state index is -0.393. The standard InChI is InChI=1S/C20H15ClN2O3S/c1-26-16-4-2-3-13(11-16)12-22-17-9-10-27-18(17)19(24)23(20(22)25)15-7-5-14(21)6-8-15/h2-11H,12H2,1H3. The van der Waals surface area contributed by atoms with Crippen LogP contribution in [0.2, 0.25) is 5.02 Å². The molecular formula is C20H15ClN2O3S. The summed E-state index contributed by atoms with van der Waals surface area (Å²) in [6, 6.07) is 16.0. The fourth-order valence-corrected chi connectivity index (χ4v) is 3.96. The van der Waals surface area contributed by atoms with Crippen LogP contribution >= 0.6 is 22.9 Å². The molecule has 0 fully saturated rings. The zero-order valence-electron chi connectivity index (χ0n) is 14.4. The van der Waals surface area contributed by atoms with Crippen LogP contribution in [-0.4, -0.2) is 16.2 Å². The summed E-state index contributed by atoms with van der Waals surface area (Å²) in [5.41, 5.74) is 1.31. The maximum absolute atomic E-state index is 13.2. The molecule has 0 atom stereocenters. The molecule has 0 aliphatic rings. The normalized spacial score (nSPS) is 11.0. The number of thiophene rings is 1. The molecule has 136 valence electrons. The molecule has 0 aliphatic carbocycles. The summed E-state index contributed by atoms with van der Waals surface area (Å²) in [6.45, 7) is 0.330. The van der Waals surface area contributed by atoms with Crippen LogP contribution in [0, 0.1) is 0 Å². The Kier molecular flexibility index (Phi) is 4.59. The van der Waals surface area contributed by atoms with E-state index in [1.54, 1.807) is 42.0 Å². The van der Waals surface area contributed by atoms with Crippen molar-refractivity contribution in [3.05, 3.63) is 91.4 Å². The van der Waals surface area contributed by atoms with Crippen LogP contribution < -0.4 is 16.0 Å². The molecule has 0 saturated carbocycles. The average Bonchev–Trinajstić information content (AvgIpc) is 3.17. The Morgan fingerprint density at radius 1 is 1.07 bits per heavy atom. The van der Waals surface area contributed by atoms with Crippen molar-refractivity contribution in [1.82, 2.24) is 9.13 Å². The van der Waals surface area contributed by atoms with Gasteiger partial charge in [-0.05, 0) is 53.4 Å². The van der Waals surface area contributed by atoms with E-state index < -0.39 is 5.69 Å². The highest BCUT2D eigenvalue weighted by atomic mass is 35.5. The Balaban J connectivity index is 1.95. The first-order valence-electron chi connectivity index (χ1n) is 8.20. The van der Waals surface area contributed by atoms with Gasteiger partial charge in [-0.15, -0.1) is 11.3 Å². The van der Waals surface area contributed by atoms with Gasteiger partial charge in [-0.25, -0.2) is 9.36 Å². The second-order valence-electron chi connectivity index (χ2n) is 5.97. The maximum atomic E-state index is 13.2. The van der Waals surface area contributed by atoms with Gasteiger partial charge in [0, 0.05) is 5.02 Å². The lowest BCUT2D eigenvalue weighted by Crippen LogP contribution is -2.38. The van der Waals surface area contributed by atoms with Crippen LogP contribution in [0.4, 0.5) is 0 Å². The molecule has 2 aromatic carbocycles. The van der Waals surface area contributed by atoms with E-state index in [1.807, 2.05) is 29.6 Å². The van der Waals surface area contributed by atoms with Crippen molar-refractivity contribution in [3.8, 4) is 11.4 Å². The van der Waals surface area contributed by atoms with E-state index in [0.717, 1.165) is 5.56 Å². The summed E-state index contributed by atoms with van der Waals surface area (Å²) in [4.78, 5) is 26.1. The smallest absolute Gasteiger partial charge is 0.336 e. The van der Waals surface area contributed by atoms with Gasteiger partial charge in [0.2, 0.25) is 0 Å². The van der Waals surface area contributed by atoms with Crippen LogP contribution in [0.1, 0.15) is 5.56 Å². The molecule has 4 rings (SSSR count). The van der Waals surface area contributed by atoms with E-state index in [-0.39, 0.29) is 5.56 Å². The highest BCUT2D eigenvalue weighted by Gasteiger charge is 2.16. The Hall–Kier alpha value is -2.83. The number of benzene rings is 2. The lowest BCUT2D eigenvalue weighted by molar-refractivity contribution is 0.414. The average molecular weight is 399 g/mol. The van der Waals surface area contributed by atoms with Crippen molar-refractivity contribution in [3.63, 3.8) is 0 Å². The number of nitrogens with zero attached hydrogens (tertiary/aromatic N) is 2. The van der Waals surface area contributed by atoms with E-state index in [9.17, 15) is 9.59 Å². The highest BCUT2D eigenvalue weighted by molar-refractivity contribution is 7.17. The van der Waals surface area contributed by atoms with E-state index in [2.05, 4.69) is 0 Å². The van der Waals surface area contributed by atoms with Crippen molar-refractivity contribution in [2.45, 2.75) is 6.54 Å². The number of methoxy groups -OCH3 is 1. The first kappa shape index (κ1) is 17.6. The fourth-order valence-electron chi connectivity index (χ4n) is 3.01. The predicted octanol–water partition coefficient (Wildman–Crippen LogP) is 3.92. The summed E-state index contributed by atoms with van der Waals surface area (Å²) >= 11 is 7.27. The Morgan fingerprint density at radius 3 is 2.59 bits per heavy atom. The predicted molar refractivity (Wildman–Crippen MR) is 109 cm³/mol. The van der Waals surface area contributed by atoms with E-state index >= 15 is 0 Å². The summed E-state index contributed by atoms with van der Waals surface area (Å²) in [5.74, 6) is 0.716. The Labute approximate surface area is 163 Å². The molecule has 0 N–H and O–H groups in total. The second kappa shape index (κ2) is 7.06. The number of aromatic nitrogens is 2. The summed E-state index contributed by atoms with van der Waals surface area (Å²) in [5, 5.41) is 2.36. The quantitative estimate of drug-likeness (QED) is 0.523. The summed E-state index contributed by atoms with van der Waals surface area (Å²) in [6.07, 6.45) is 0. The number of halogens is 1. The summed E-state index contributed by atoms with van der Waals surface area (Å²) in [7, 11) is 1.60. The molecule has 0 radical (unpaired) electrons. The second-order valence-corrected chi connectivity index (χ2v) is 7.32. The minimum absolute atomic E-state index is 0.325. The van der Waals surface area contributed by atoms with E-state index in [4.69, 9.17) is 16.3 Å². The molecule has 0 aliphatic heterocycles. The lowest BCUT2D eigenvalue weighted by Gasteiger charge is -2.13. The van der Waals surface area contributed by atoms with Crippen molar-refractivity contribution in [1.29, 1.82) is 0 Å². The van der Waals surface area contributed by atoms with Gasteiger partial charge < -0.3 is 4.74 Å². The molecule has 4 aromatic rings. The minimum Gasteiger partial charge on any atom is -0.497 e. The summed E-state index contributed by atoms with van der Waals surface area (Å²) < 4.78 is 8.60. The first-order valence-corrected chi connectivity index (χ1v) is 9.46. The van der Waals surface area contributed by atoms with Crippen LogP contribution in [-0.2, 0) is 6.54 Å². The monoisotopic (exact) mass is 398 g/mol. The van der Waals surface area contributed by atoms with E-state index in [0.29, 0.717) is 33.2 Å². The Bertz CT molecular complexity index is 1240. The number of hydrogen-bond acceptors (Lipinski definition) is 4. The topological polar surface area (TPSA) is 53.2 Å². The molecule has 0 unspecified atom stereocenters. The molecule has 0 amide bonds. The molecule has 0 spiro atoms. The zero-order valence-corrected chi connectivity index (χ0v) is 16.0. The highest BCUT2D eigenvalue weighted by Crippen LogP contribution is 2.19. The third-order valence-electron chi connectivity index (χ3n) is 4.31. The van der Waals surface area contributed by atoms with Gasteiger partial charge >= 0.3 is 5.69 Å². The van der Waals surface area contributed by atoms with Crippen molar-refractivity contribution < 1.29 is 4.74 Å². The van der Waals surface area contributed by atoms with Gasteiger partial charge in [-0.1, -0.05) is 23.7 Å². The maximum Gasteiger partial charge on any atom is 0.336 e. The van der Waals surface area contributed by atoms with Crippen LogP contribution in [0.15, 0.2) is 69.6 Å². The van der Waals surface area contributed by atoms with Gasteiger partial charge in [0.25, 0.3) is 5.56 Å². The van der Waals surface area contributed by atoms with Gasteiger partial charge in [0.15, 0.2) is 0 Å². The number of rotatable bonds is 4. The van der Waals surface area contributed by atoms with Crippen LogP contribution in [0.5, 0.6) is 5.75 Å². The molecule has 7 heteroatoms. The number of ether oxygens (including phenoxy) is 1. The zero-order chi connectivity index (χ0) is 19.0. The molecule has 0 saturated heterocycles. The van der Waals surface area contributed by atoms with E-state index in [1.165, 1.54) is 15.9 Å². The lowest BCUT2D eigenvalue weighted by atomic mass is 10.2. The molecule has 2 heterocycles. The van der Waals surface area contributed by atoms with Crippen molar-refractivity contribution >= 4 is 33.2 Å². The molecule has 5 nitrogen and oxygen atoms in total. The third kappa shape index (κ3) is 3.18. The third-order valence-corrected chi connectivity index (χ3v) is 5.46. The Morgan fingerprint density at radius 2 is 1.85 bits per heavy atom. The SMILES string of the molecule is COc1cccc(Cn2c(=O)n(-c3ccc(Cl)cc3)c(=O)c3sccc32)c1. The first-order chi connectivity index (χ1) is 13.1. The fraction of sp³-hybridized carbons (Fsp3) is 0.100. The molecular weight excluding hydrogens is 384 g/mol. The van der Waals surface area contributed by atoms with Gasteiger partial charge in [0.05, 0.1) is 24.9 Å².